The minimum absolute atomic E-state index is 0.133. The summed E-state index contributed by atoms with van der Waals surface area (Å²) in [5, 5.41) is 10.8. The van der Waals surface area contributed by atoms with Gasteiger partial charge < -0.3 is 5.11 Å². The van der Waals surface area contributed by atoms with Gasteiger partial charge in [-0.2, -0.15) is 0 Å². The number of benzene rings is 1. The van der Waals surface area contributed by atoms with E-state index in [-0.39, 0.29) is 16.9 Å². The Morgan fingerprint density at radius 1 is 1.03 bits per heavy atom. The number of hydrogen-bond donors (Lipinski definition) is 1. The molecule has 1 aromatic heterocycles. The van der Waals surface area contributed by atoms with Crippen molar-refractivity contribution in [2.75, 3.05) is 0 Å². The zero-order valence-corrected chi connectivity index (χ0v) is 18.7. The SMILES string of the molecule is C[C@]12CC[C@H](O)CC1=CC[C@@H]1[C@@H]2CC[C@]2(C)C(n3c(Cl)nc4ccccc43)=CC[C@@H]12. The van der Waals surface area contributed by atoms with Crippen LogP contribution in [0.5, 0.6) is 0 Å². The molecule has 2 aromatic rings. The summed E-state index contributed by atoms with van der Waals surface area (Å²) in [5.74, 6) is 2.12. The van der Waals surface area contributed by atoms with Crippen LogP contribution in [0.25, 0.3) is 16.7 Å². The Morgan fingerprint density at radius 3 is 2.70 bits per heavy atom. The van der Waals surface area contributed by atoms with Crippen LogP contribution in [0.1, 0.15) is 58.8 Å². The van der Waals surface area contributed by atoms with Crippen molar-refractivity contribution in [2.45, 2.75) is 64.9 Å². The molecule has 4 heteroatoms. The van der Waals surface area contributed by atoms with E-state index in [0.29, 0.717) is 11.2 Å². The van der Waals surface area contributed by atoms with E-state index in [1.165, 1.54) is 25.0 Å². The van der Waals surface area contributed by atoms with Gasteiger partial charge in [0.05, 0.1) is 17.1 Å². The van der Waals surface area contributed by atoms with E-state index in [1.807, 2.05) is 6.07 Å². The third kappa shape index (κ3) is 2.45. The molecule has 6 rings (SSSR count). The lowest BCUT2D eigenvalue weighted by molar-refractivity contribution is -0.0248. The van der Waals surface area contributed by atoms with Gasteiger partial charge >= 0.3 is 0 Å². The maximum atomic E-state index is 10.2. The molecule has 1 N–H and O–H groups in total. The summed E-state index contributed by atoms with van der Waals surface area (Å²) in [4.78, 5) is 4.63. The second-order valence-electron chi connectivity index (χ2n) is 10.6. The van der Waals surface area contributed by atoms with Crippen LogP contribution in [0.15, 0.2) is 42.0 Å². The predicted octanol–water partition coefficient (Wildman–Crippen LogP) is 6.46. The largest absolute Gasteiger partial charge is 0.393 e. The van der Waals surface area contributed by atoms with Crippen LogP contribution in [0.3, 0.4) is 0 Å². The molecule has 0 aliphatic heterocycles. The number of aromatic nitrogens is 2. The lowest BCUT2D eigenvalue weighted by Crippen LogP contribution is -2.50. The van der Waals surface area contributed by atoms with Gasteiger partial charge in [0.15, 0.2) is 0 Å². The van der Waals surface area contributed by atoms with Gasteiger partial charge in [-0.3, -0.25) is 4.57 Å². The number of imidazole rings is 1. The van der Waals surface area contributed by atoms with Crippen molar-refractivity contribution in [3.63, 3.8) is 0 Å². The molecule has 0 unspecified atom stereocenters. The van der Waals surface area contributed by atoms with Crippen molar-refractivity contribution < 1.29 is 5.11 Å². The molecule has 158 valence electrons. The van der Waals surface area contributed by atoms with E-state index >= 15 is 0 Å². The molecule has 1 aromatic carbocycles. The molecule has 0 radical (unpaired) electrons. The number of rotatable bonds is 1. The van der Waals surface area contributed by atoms with Gasteiger partial charge in [-0.25, -0.2) is 4.98 Å². The lowest BCUT2D eigenvalue weighted by atomic mass is 9.48. The zero-order chi connectivity index (χ0) is 20.7. The number of aliphatic hydroxyl groups is 1. The first kappa shape index (κ1) is 19.1. The van der Waals surface area contributed by atoms with Gasteiger partial charge in [-0.15, -0.1) is 0 Å². The van der Waals surface area contributed by atoms with Crippen LogP contribution in [0, 0.1) is 28.6 Å². The number of allylic oxidation sites excluding steroid dienone is 3. The standard InChI is InChI=1S/C26H31ClN2O/c1-25-13-11-17(30)15-16(25)7-8-18-19-9-10-23(26(19,2)14-12-20(18)25)29-22-6-4-3-5-21(22)28-24(29)27/h3-7,10,17-20,30H,8-9,11-15H2,1-2H3/t17-,18-,19-,20-,25-,26-/m0/s1. The number of nitrogens with zero attached hydrogens (tertiary/aromatic N) is 2. The van der Waals surface area contributed by atoms with Gasteiger partial charge in [-0.1, -0.05) is 43.7 Å². The van der Waals surface area contributed by atoms with E-state index in [0.717, 1.165) is 48.6 Å². The predicted molar refractivity (Wildman–Crippen MR) is 122 cm³/mol. The molecular weight excluding hydrogens is 392 g/mol. The Morgan fingerprint density at radius 2 is 1.83 bits per heavy atom. The van der Waals surface area contributed by atoms with E-state index < -0.39 is 0 Å². The minimum Gasteiger partial charge on any atom is -0.393 e. The van der Waals surface area contributed by atoms with E-state index in [1.54, 1.807) is 5.57 Å². The van der Waals surface area contributed by atoms with Gasteiger partial charge in [0.1, 0.15) is 0 Å². The summed E-state index contributed by atoms with van der Waals surface area (Å²) < 4.78 is 2.22. The molecule has 4 aliphatic rings. The molecule has 2 saturated carbocycles. The number of fused-ring (bicyclic) bond motifs is 6. The fourth-order valence-electron chi connectivity index (χ4n) is 7.76. The van der Waals surface area contributed by atoms with Gasteiger partial charge in [0, 0.05) is 11.1 Å². The number of aliphatic hydroxyl groups excluding tert-OH is 1. The van der Waals surface area contributed by atoms with Crippen molar-refractivity contribution in [1.82, 2.24) is 9.55 Å². The molecule has 4 aliphatic carbocycles. The number of para-hydroxylation sites is 2. The molecular formula is C26H31ClN2O. The average Bonchev–Trinajstić information content (AvgIpc) is 3.24. The molecule has 30 heavy (non-hydrogen) atoms. The van der Waals surface area contributed by atoms with Crippen LogP contribution >= 0.6 is 11.6 Å². The summed E-state index contributed by atoms with van der Waals surface area (Å²) in [6.45, 7) is 4.97. The maximum absolute atomic E-state index is 10.2. The Balaban J connectivity index is 1.38. The smallest absolute Gasteiger partial charge is 0.208 e. The molecule has 3 nitrogen and oxygen atoms in total. The summed E-state index contributed by atoms with van der Waals surface area (Å²) in [5.41, 5.74) is 5.43. The highest BCUT2D eigenvalue weighted by molar-refractivity contribution is 6.29. The molecule has 0 amide bonds. The second-order valence-corrected chi connectivity index (χ2v) is 11.0. The summed E-state index contributed by atoms with van der Waals surface area (Å²) >= 11 is 6.68. The summed E-state index contributed by atoms with van der Waals surface area (Å²) in [7, 11) is 0. The van der Waals surface area contributed by atoms with Crippen molar-refractivity contribution >= 4 is 28.3 Å². The van der Waals surface area contributed by atoms with Gasteiger partial charge in [-0.05, 0) is 91.8 Å². The van der Waals surface area contributed by atoms with Crippen LogP contribution < -0.4 is 0 Å². The Bertz CT molecular complexity index is 1080. The first-order valence-corrected chi connectivity index (χ1v) is 12.0. The third-order valence-electron chi connectivity index (χ3n) is 9.38. The minimum atomic E-state index is -0.133. The number of hydrogen-bond acceptors (Lipinski definition) is 2. The van der Waals surface area contributed by atoms with Crippen LogP contribution in [-0.4, -0.2) is 20.8 Å². The first-order valence-electron chi connectivity index (χ1n) is 11.6. The van der Waals surface area contributed by atoms with Crippen molar-refractivity contribution in [3.05, 3.63) is 47.3 Å². The van der Waals surface area contributed by atoms with Crippen molar-refractivity contribution in [3.8, 4) is 0 Å². The Hall–Kier alpha value is -1.58. The van der Waals surface area contributed by atoms with Gasteiger partial charge in [0.2, 0.25) is 5.28 Å². The highest BCUT2D eigenvalue weighted by Gasteiger charge is 2.57. The van der Waals surface area contributed by atoms with E-state index in [9.17, 15) is 5.11 Å². The topological polar surface area (TPSA) is 38.0 Å². The van der Waals surface area contributed by atoms with E-state index in [2.05, 4.69) is 53.7 Å². The first-order chi connectivity index (χ1) is 14.4. The Labute approximate surface area is 183 Å². The second kappa shape index (κ2) is 6.46. The third-order valence-corrected chi connectivity index (χ3v) is 9.63. The fourth-order valence-corrected chi connectivity index (χ4v) is 8.03. The molecule has 1 heterocycles. The molecule has 2 fully saturated rings. The molecule has 6 atom stereocenters. The quantitative estimate of drug-likeness (QED) is 0.535. The highest BCUT2D eigenvalue weighted by atomic mass is 35.5. The highest BCUT2D eigenvalue weighted by Crippen LogP contribution is 2.65. The zero-order valence-electron chi connectivity index (χ0n) is 17.9. The number of halogens is 1. The maximum Gasteiger partial charge on any atom is 0.208 e. The van der Waals surface area contributed by atoms with Crippen molar-refractivity contribution in [1.29, 1.82) is 0 Å². The molecule has 0 saturated heterocycles. The molecule has 0 spiro atoms. The Kier molecular flexibility index (Phi) is 4.12. The summed E-state index contributed by atoms with van der Waals surface area (Å²) in [6.07, 6.45) is 12.6. The fraction of sp³-hybridized carbons (Fsp3) is 0.577. The summed E-state index contributed by atoms with van der Waals surface area (Å²) in [6, 6.07) is 8.30. The monoisotopic (exact) mass is 422 g/mol. The van der Waals surface area contributed by atoms with Crippen LogP contribution in [-0.2, 0) is 0 Å². The molecule has 0 bridgehead atoms. The lowest BCUT2D eigenvalue weighted by Gasteiger charge is -2.57. The van der Waals surface area contributed by atoms with Gasteiger partial charge in [0.25, 0.3) is 0 Å². The van der Waals surface area contributed by atoms with E-state index in [4.69, 9.17) is 11.6 Å². The van der Waals surface area contributed by atoms with Crippen LogP contribution in [0.2, 0.25) is 5.28 Å². The van der Waals surface area contributed by atoms with Crippen LogP contribution in [0.4, 0.5) is 0 Å². The van der Waals surface area contributed by atoms with Crippen molar-refractivity contribution in [2.24, 2.45) is 28.6 Å². The normalized spacial score (nSPS) is 40.4. The average molecular weight is 423 g/mol.